The summed E-state index contributed by atoms with van der Waals surface area (Å²) in [5.74, 6) is -0.0890. The maximum atomic E-state index is 12.8. The van der Waals surface area contributed by atoms with Gasteiger partial charge in [0, 0.05) is 6.54 Å². The monoisotopic (exact) mass is 341 g/mol. The zero-order valence-electron chi connectivity index (χ0n) is 13.5. The minimum Gasteiger partial charge on any atom is -0.496 e. The number of hydrogen-bond donors (Lipinski definition) is 1. The Hall–Kier alpha value is -3.22. The molecule has 3 aromatic rings. The number of ether oxygens (including phenoxy) is 1. The number of nitrogens with one attached hydrogen (secondary N) is 1. The molecule has 7 heteroatoms. The first kappa shape index (κ1) is 16.6. The van der Waals surface area contributed by atoms with Gasteiger partial charge in [0.15, 0.2) is 0 Å². The number of amides is 1. The average molecular weight is 341 g/mol. The molecule has 1 amide bonds. The van der Waals surface area contributed by atoms with Crippen molar-refractivity contribution < 1.29 is 18.3 Å². The lowest BCUT2D eigenvalue weighted by Crippen LogP contribution is -2.26. The van der Waals surface area contributed by atoms with E-state index in [0.717, 1.165) is 5.56 Å². The molecule has 1 N–H and O–H groups in total. The Labute approximate surface area is 143 Å². The van der Waals surface area contributed by atoms with Gasteiger partial charge in [-0.3, -0.25) is 4.79 Å². The molecule has 0 bridgehead atoms. The molecule has 0 unspecified atom stereocenters. The Bertz CT molecular complexity index is 862. The number of carbonyl (C=O) groups is 1. The molecule has 1 heterocycles. The summed E-state index contributed by atoms with van der Waals surface area (Å²) >= 11 is 0. The van der Waals surface area contributed by atoms with Crippen LogP contribution in [0, 0.1) is 5.82 Å². The van der Waals surface area contributed by atoms with E-state index in [9.17, 15) is 9.18 Å². The third kappa shape index (κ3) is 4.00. The molecule has 0 spiro atoms. The summed E-state index contributed by atoms with van der Waals surface area (Å²) in [5.41, 5.74) is 1.53. The molecule has 2 aromatic carbocycles. The second-order valence-corrected chi connectivity index (χ2v) is 5.25. The van der Waals surface area contributed by atoms with Gasteiger partial charge in [0.2, 0.25) is 0 Å². The zero-order chi connectivity index (χ0) is 17.6. The first-order valence-corrected chi connectivity index (χ1v) is 7.67. The van der Waals surface area contributed by atoms with E-state index in [2.05, 4.69) is 15.5 Å². The van der Waals surface area contributed by atoms with E-state index in [1.54, 1.807) is 24.3 Å². The molecule has 0 atom stereocenters. The average Bonchev–Trinajstić information content (AvgIpc) is 3.13. The van der Waals surface area contributed by atoms with Crippen molar-refractivity contribution in [1.82, 2.24) is 15.5 Å². The van der Waals surface area contributed by atoms with E-state index in [4.69, 9.17) is 9.15 Å². The third-order valence-electron chi connectivity index (χ3n) is 3.57. The molecule has 128 valence electrons. The van der Waals surface area contributed by atoms with Crippen molar-refractivity contribution in [3.05, 3.63) is 65.8 Å². The Kier molecular flexibility index (Phi) is 5.03. The normalized spacial score (nSPS) is 10.5. The second-order valence-electron chi connectivity index (χ2n) is 5.25. The molecular formula is C18H16FN3O3. The maximum Gasteiger partial charge on any atom is 0.308 e. The number of para-hydroxylation sites is 1. The van der Waals surface area contributed by atoms with Gasteiger partial charge in [0.25, 0.3) is 5.89 Å². The summed E-state index contributed by atoms with van der Waals surface area (Å²) in [7, 11) is 1.54. The van der Waals surface area contributed by atoms with Crippen LogP contribution in [0.15, 0.2) is 52.9 Å². The Morgan fingerprint density at radius 1 is 1.16 bits per heavy atom. The molecule has 0 saturated carbocycles. The minimum atomic E-state index is -0.462. The van der Waals surface area contributed by atoms with Gasteiger partial charge in [-0.25, -0.2) is 4.39 Å². The summed E-state index contributed by atoms with van der Waals surface area (Å²) in [5, 5.41) is 10.4. The van der Waals surface area contributed by atoms with Crippen molar-refractivity contribution >= 4 is 5.91 Å². The minimum absolute atomic E-state index is 0.125. The van der Waals surface area contributed by atoms with Crippen LogP contribution in [0.4, 0.5) is 4.39 Å². The van der Waals surface area contributed by atoms with Gasteiger partial charge < -0.3 is 14.5 Å². The zero-order valence-corrected chi connectivity index (χ0v) is 13.5. The fraction of sp³-hybridized carbons (Fsp3) is 0.167. The number of hydrogen-bond acceptors (Lipinski definition) is 5. The van der Waals surface area contributed by atoms with Crippen molar-refractivity contribution in [3.8, 4) is 17.2 Å². The second kappa shape index (κ2) is 7.57. The number of rotatable bonds is 6. The molecule has 0 aliphatic rings. The Balaban J connectivity index is 1.61. The number of methoxy groups -OCH3 is 1. The highest BCUT2D eigenvalue weighted by molar-refractivity contribution is 5.89. The fourth-order valence-electron chi connectivity index (χ4n) is 2.29. The molecule has 0 aliphatic carbocycles. The number of carbonyl (C=O) groups excluding carboxylic acids is 1. The van der Waals surface area contributed by atoms with Crippen LogP contribution in [0.25, 0.3) is 11.5 Å². The smallest absolute Gasteiger partial charge is 0.308 e. The predicted octanol–water partition coefficient (Wildman–Crippen LogP) is 2.86. The maximum absolute atomic E-state index is 12.8. The molecule has 1 aromatic heterocycles. The van der Waals surface area contributed by atoms with E-state index in [0.29, 0.717) is 24.3 Å². The third-order valence-corrected chi connectivity index (χ3v) is 3.57. The molecular weight excluding hydrogens is 325 g/mol. The van der Waals surface area contributed by atoms with Crippen LogP contribution in [-0.2, 0) is 6.42 Å². The van der Waals surface area contributed by atoms with Crippen molar-refractivity contribution in [3.63, 3.8) is 0 Å². The van der Waals surface area contributed by atoms with E-state index in [1.807, 2.05) is 12.1 Å². The van der Waals surface area contributed by atoms with Crippen molar-refractivity contribution in [2.45, 2.75) is 6.42 Å². The van der Waals surface area contributed by atoms with E-state index >= 15 is 0 Å². The predicted molar refractivity (Wildman–Crippen MR) is 88.7 cm³/mol. The van der Waals surface area contributed by atoms with Gasteiger partial charge in [-0.05, 0) is 36.2 Å². The van der Waals surface area contributed by atoms with Crippen LogP contribution >= 0.6 is 0 Å². The molecule has 0 radical (unpaired) electrons. The lowest BCUT2D eigenvalue weighted by molar-refractivity contribution is 0.0920. The van der Waals surface area contributed by atoms with Crippen molar-refractivity contribution in [2.75, 3.05) is 13.7 Å². The Morgan fingerprint density at radius 3 is 2.68 bits per heavy atom. The number of benzene rings is 2. The largest absolute Gasteiger partial charge is 0.496 e. The summed E-state index contributed by atoms with van der Waals surface area (Å²) < 4.78 is 23.5. The first-order valence-electron chi connectivity index (χ1n) is 7.67. The van der Waals surface area contributed by atoms with E-state index in [1.165, 1.54) is 19.2 Å². The van der Waals surface area contributed by atoms with Crippen LogP contribution in [0.1, 0.15) is 16.2 Å². The van der Waals surface area contributed by atoms with Crippen LogP contribution in [0.2, 0.25) is 0 Å². The van der Waals surface area contributed by atoms with Gasteiger partial charge in [-0.1, -0.05) is 24.3 Å². The summed E-state index contributed by atoms with van der Waals surface area (Å²) in [4.78, 5) is 12.1. The molecule has 6 nitrogen and oxygen atoms in total. The highest BCUT2D eigenvalue weighted by Crippen LogP contribution is 2.28. The molecule has 0 saturated heterocycles. The Morgan fingerprint density at radius 2 is 1.92 bits per heavy atom. The fourth-order valence-corrected chi connectivity index (χ4v) is 2.29. The lowest BCUT2D eigenvalue weighted by atomic mass is 10.1. The van der Waals surface area contributed by atoms with Gasteiger partial charge in [-0.2, -0.15) is 0 Å². The van der Waals surface area contributed by atoms with Crippen LogP contribution in [-0.4, -0.2) is 29.8 Å². The van der Waals surface area contributed by atoms with Crippen molar-refractivity contribution in [1.29, 1.82) is 0 Å². The number of aromatic nitrogens is 2. The summed E-state index contributed by atoms with van der Waals surface area (Å²) in [6, 6.07) is 13.3. The molecule has 0 aliphatic heterocycles. The highest BCUT2D eigenvalue weighted by atomic mass is 19.1. The molecule has 25 heavy (non-hydrogen) atoms. The van der Waals surface area contributed by atoms with Crippen LogP contribution < -0.4 is 10.1 Å². The number of halogens is 1. The number of nitrogens with zero attached hydrogens (tertiary/aromatic N) is 2. The summed E-state index contributed by atoms with van der Waals surface area (Å²) in [6.45, 7) is 0.372. The molecule has 3 rings (SSSR count). The summed E-state index contributed by atoms with van der Waals surface area (Å²) in [6.07, 6.45) is 0.569. The van der Waals surface area contributed by atoms with Gasteiger partial charge in [-0.15, -0.1) is 10.2 Å². The topological polar surface area (TPSA) is 77.2 Å². The standard InChI is InChI=1S/C18H16FN3O3/c1-24-15-5-3-2-4-14(15)17-21-22-18(25-17)16(23)20-11-10-12-6-8-13(19)9-7-12/h2-9H,10-11H2,1H3,(H,20,23). The van der Waals surface area contributed by atoms with Crippen molar-refractivity contribution in [2.24, 2.45) is 0 Å². The van der Waals surface area contributed by atoms with E-state index in [-0.39, 0.29) is 17.6 Å². The lowest BCUT2D eigenvalue weighted by Gasteiger charge is -2.04. The van der Waals surface area contributed by atoms with Gasteiger partial charge in [0.1, 0.15) is 11.6 Å². The highest BCUT2D eigenvalue weighted by Gasteiger charge is 2.17. The molecule has 0 fully saturated rings. The van der Waals surface area contributed by atoms with Crippen LogP contribution in [0.3, 0.4) is 0 Å². The van der Waals surface area contributed by atoms with Gasteiger partial charge >= 0.3 is 11.8 Å². The first-order chi connectivity index (χ1) is 12.2. The van der Waals surface area contributed by atoms with E-state index < -0.39 is 5.91 Å². The SMILES string of the molecule is COc1ccccc1-c1nnc(C(=O)NCCc2ccc(F)cc2)o1. The quantitative estimate of drug-likeness (QED) is 0.746. The van der Waals surface area contributed by atoms with Gasteiger partial charge in [0.05, 0.1) is 12.7 Å². The van der Waals surface area contributed by atoms with Crippen LogP contribution in [0.5, 0.6) is 5.75 Å².